The number of carboxylic acids is 1. The van der Waals surface area contributed by atoms with E-state index in [1.165, 1.54) is 16.7 Å². The minimum Gasteiger partial charge on any atom is -0.478 e. The fourth-order valence-electron chi connectivity index (χ4n) is 2.79. The van der Waals surface area contributed by atoms with Gasteiger partial charge in [-0.15, -0.1) is 0 Å². The van der Waals surface area contributed by atoms with E-state index in [1.807, 2.05) is 0 Å². The highest BCUT2D eigenvalue weighted by molar-refractivity contribution is 8.04. The number of carboxylic acid groups (broad SMARTS) is 1. The van der Waals surface area contributed by atoms with Crippen molar-refractivity contribution in [2.45, 2.75) is 12.8 Å². The predicted octanol–water partition coefficient (Wildman–Crippen LogP) is 1.85. The lowest BCUT2D eigenvalue weighted by molar-refractivity contribution is -0.133. The van der Waals surface area contributed by atoms with Crippen molar-refractivity contribution in [3.63, 3.8) is 0 Å². The number of allylic oxidation sites excluding steroid dienone is 2. The van der Waals surface area contributed by atoms with Crippen LogP contribution in [0.3, 0.4) is 0 Å². The Bertz CT molecular complexity index is 777. The molecule has 1 saturated heterocycles. The molecule has 1 fully saturated rings. The molecule has 3 heterocycles. The van der Waals surface area contributed by atoms with Gasteiger partial charge in [-0.1, -0.05) is 11.8 Å². The zero-order valence-corrected chi connectivity index (χ0v) is 12.4. The summed E-state index contributed by atoms with van der Waals surface area (Å²) < 4.78 is 0. The van der Waals surface area contributed by atoms with Crippen molar-refractivity contribution in [1.29, 1.82) is 5.26 Å². The molecule has 1 aromatic rings. The number of fused-ring (bicyclic) bond motifs is 1. The largest absolute Gasteiger partial charge is 0.478 e. The van der Waals surface area contributed by atoms with Gasteiger partial charge in [0, 0.05) is 18.1 Å². The normalized spacial score (nSPS) is 21.0. The number of nitriles is 1. The fraction of sp³-hybridized carbons (Fsp3) is 0.200. The molecular weight excluding hydrogens is 302 g/mol. The lowest BCUT2D eigenvalue weighted by Gasteiger charge is -2.31. The molecule has 0 bridgehead atoms. The Balaban J connectivity index is 2.28. The number of carbonyl (C=O) groups excluding carboxylic acids is 1. The summed E-state index contributed by atoms with van der Waals surface area (Å²) >= 11 is 1.27. The third kappa shape index (κ3) is 2.00. The van der Waals surface area contributed by atoms with Crippen molar-refractivity contribution in [3.05, 3.63) is 52.0 Å². The van der Waals surface area contributed by atoms with Crippen molar-refractivity contribution < 1.29 is 14.7 Å². The average molecular weight is 313 g/mol. The topological polar surface area (TPSA) is 94.3 Å². The molecule has 1 amide bonds. The standard InChI is InChI=1S/C15H11N3O3S/c1-8-12(15(20)21)13(9-2-4-17-5-3-9)10(6-16)14-18(8)11(19)7-22-14/h2-5,13H,7H2,1H3,(H,20,21). The van der Waals surface area contributed by atoms with E-state index in [0.29, 0.717) is 21.9 Å². The van der Waals surface area contributed by atoms with Crippen LogP contribution in [0.1, 0.15) is 18.4 Å². The van der Waals surface area contributed by atoms with Crippen molar-refractivity contribution in [2.75, 3.05) is 5.75 Å². The van der Waals surface area contributed by atoms with Gasteiger partial charge in [0.1, 0.15) is 0 Å². The first-order chi connectivity index (χ1) is 10.6. The Morgan fingerprint density at radius 2 is 2.18 bits per heavy atom. The number of pyridine rings is 1. The minimum absolute atomic E-state index is 0.0577. The van der Waals surface area contributed by atoms with Crippen LogP contribution in [0, 0.1) is 11.3 Å². The molecule has 3 rings (SSSR count). The van der Waals surface area contributed by atoms with Gasteiger partial charge < -0.3 is 5.11 Å². The zero-order chi connectivity index (χ0) is 15.9. The van der Waals surface area contributed by atoms with E-state index in [9.17, 15) is 20.0 Å². The predicted molar refractivity (Wildman–Crippen MR) is 79.3 cm³/mol. The molecule has 110 valence electrons. The molecule has 0 aliphatic carbocycles. The fourth-order valence-corrected chi connectivity index (χ4v) is 3.86. The summed E-state index contributed by atoms with van der Waals surface area (Å²) in [6, 6.07) is 5.48. The summed E-state index contributed by atoms with van der Waals surface area (Å²) in [6.45, 7) is 1.61. The molecule has 7 heteroatoms. The number of thioether (sulfide) groups is 1. The van der Waals surface area contributed by atoms with Gasteiger partial charge in [-0.2, -0.15) is 5.26 Å². The number of nitrogens with zero attached hydrogens (tertiary/aromatic N) is 3. The van der Waals surface area contributed by atoms with Gasteiger partial charge in [-0.25, -0.2) is 4.79 Å². The Hall–Kier alpha value is -2.59. The SMILES string of the molecule is CC1=C(C(=O)O)C(c2ccncc2)C(C#N)=C2SCC(=O)N12. The maximum absolute atomic E-state index is 12.0. The molecule has 1 aromatic heterocycles. The van der Waals surface area contributed by atoms with E-state index < -0.39 is 11.9 Å². The van der Waals surface area contributed by atoms with E-state index in [4.69, 9.17) is 0 Å². The first-order valence-corrected chi connectivity index (χ1v) is 7.48. The number of carbonyl (C=O) groups is 2. The van der Waals surface area contributed by atoms with Gasteiger partial charge >= 0.3 is 5.97 Å². The van der Waals surface area contributed by atoms with E-state index in [0.717, 1.165) is 0 Å². The summed E-state index contributed by atoms with van der Waals surface area (Å²) in [4.78, 5) is 29.0. The van der Waals surface area contributed by atoms with Crippen LogP contribution in [0.25, 0.3) is 0 Å². The minimum atomic E-state index is -1.13. The number of aliphatic carboxylic acids is 1. The van der Waals surface area contributed by atoms with E-state index in [2.05, 4.69) is 11.1 Å². The lowest BCUT2D eigenvalue weighted by Crippen LogP contribution is -2.32. The van der Waals surface area contributed by atoms with Crippen LogP contribution < -0.4 is 0 Å². The summed E-state index contributed by atoms with van der Waals surface area (Å²) in [7, 11) is 0. The van der Waals surface area contributed by atoms with Crippen LogP contribution in [0.4, 0.5) is 0 Å². The molecule has 0 saturated carbocycles. The molecule has 2 aliphatic rings. The van der Waals surface area contributed by atoms with Crippen LogP contribution in [-0.4, -0.2) is 32.6 Å². The van der Waals surface area contributed by atoms with Gasteiger partial charge in [0.2, 0.25) is 5.91 Å². The second-order valence-electron chi connectivity index (χ2n) is 4.87. The Labute approximate surface area is 130 Å². The van der Waals surface area contributed by atoms with Gasteiger partial charge in [0.05, 0.1) is 33.9 Å². The van der Waals surface area contributed by atoms with Crippen molar-refractivity contribution in [2.24, 2.45) is 0 Å². The van der Waals surface area contributed by atoms with Crippen LogP contribution in [0.5, 0.6) is 0 Å². The number of hydrogen-bond donors (Lipinski definition) is 1. The molecule has 1 N–H and O–H groups in total. The maximum atomic E-state index is 12.0. The molecule has 1 atom stereocenters. The van der Waals surface area contributed by atoms with Crippen molar-refractivity contribution in [1.82, 2.24) is 9.88 Å². The Kier molecular flexibility index (Phi) is 3.47. The Morgan fingerprint density at radius 3 is 2.77 bits per heavy atom. The van der Waals surface area contributed by atoms with Crippen LogP contribution in [-0.2, 0) is 9.59 Å². The van der Waals surface area contributed by atoms with Crippen LogP contribution >= 0.6 is 11.8 Å². The third-order valence-electron chi connectivity index (χ3n) is 3.71. The summed E-state index contributed by atoms with van der Waals surface area (Å²) in [5.74, 6) is -1.79. The average Bonchev–Trinajstić information content (AvgIpc) is 2.90. The van der Waals surface area contributed by atoms with Gasteiger partial charge in [-0.3, -0.25) is 14.7 Å². The maximum Gasteiger partial charge on any atom is 0.334 e. The molecule has 2 aliphatic heterocycles. The number of hydrogen-bond acceptors (Lipinski definition) is 5. The van der Waals surface area contributed by atoms with Gasteiger partial charge in [-0.05, 0) is 24.6 Å². The smallest absolute Gasteiger partial charge is 0.334 e. The molecule has 6 nitrogen and oxygen atoms in total. The number of rotatable bonds is 2. The highest BCUT2D eigenvalue weighted by Crippen LogP contribution is 2.47. The van der Waals surface area contributed by atoms with Crippen LogP contribution in [0.2, 0.25) is 0 Å². The molecule has 22 heavy (non-hydrogen) atoms. The zero-order valence-electron chi connectivity index (χ0n) is 11.6. The first-order valence-electron chi connectivity index (χ1n) is 6.50. The van der Waals surface area contributed by atoms with Crippen molar-refractivity contribution in [3.8, 4) is 6.07 Å². The van der Waals surface area contributed by atoms with Gasteiger partial charge in [0.15, 0.2) is 0 Å². The number of aromatic nitrogens is 1. The first kappa shape index (κ1) is 14.4. The van der Waals surface area contributed by atoms with Gasteiger partial charge in [0.25, 0.3) is 0 Å². The monoisotopic (exact) mass is 313 g/mol. The summed E-state index contributed by atoms with van der Waals surface area (Å²) in [5.41, 5.74) is 1.40. The third-order valence-corrected chi connectivity index (χ3v) is 4.78. The van der Waals surface area contributed by atoms with E-state index >= 15 is 0 Å². The summed E-state index contributed by atoms with van der Waals surface area (Å²) in [5, 5.41) is 19.7. The lowest BCUT2D eigenvalue weighted by atomic mass is 9.82. The van der Waals surface area contributed by atoms with Crippen LogP contribution in [0.15, 0.2) is 46.4 Å². The molecule has 0 spiro atoms. The number of amides is 1. The Morgan fingerprint density at radius 1 is 1.50 bits per heavy atom. The summed E-state index contributed by atoms with van der Waals surface area (Å²) in [6.07, 6.45) is 3.12. The molecule has 1 unspecified atom stereocenters. The van der Waals surface area contributed by atoms with Crippen molar-refractivity contribution >= 4 is 23.6 Å². The molecule has 0 radical (unpaired) electrons. The second-order valence-corrected chi connectivity index (χ2v) is 5.83. The molecular formula is C15H11N3O3S. The second kappa shape index (κ2) is 5.31. The highest BCUT2D eigenvalue weighted by atomic mass is 32.2. The quantitative estimate of drug-likeness (QED) is 0.895. The molecule has 0 aromatic carbocycles. The highest BCUT2D eigenvalue weighted by Gasteiger charge is 2.42. The van der Waals surface area contributed by atoms with E-state index in [1.54, 1.807) is 31.5 Å². The van der Waals surface area contributed by atoms with E-state index in [-0.39, 0.29) is 17.2 Å².